The molecule has 6 rings (SSSR count). The molecule has 2 fully saturated rings. The number of hydrogen-bond donors (Lipinski definition) is 1. The number of rotatable bonds is 11. The third-order valence-electron chi connectivity index (χ3n) is 9.77. The molecule has 52 heavy (non-hydrogen) atoms. The van der Waals surface area contributed by atoms with Gasteiger partial charge in [-0.15, -0.1) is 5.10 Å². The van der Waals surface area contributed by atoms with Crippen LogP contribution in [0.5, 0.6) is 11.5 Å². The Balaban J connectivity index is 0.000000452. The van der Waals surface area contributed by atoms with E-state index in [-0.39, 0.29) is 11.2 Å². The Bertz CT molecular complexity index is 1820. The highest BCUT2D eigenvalue weighted by Gasteiger charge is 2.33. The van der Waals surface area contributed by atoms with E-state index in [0.29, 0.717) is 67.5 Å². The van der Waals surface area contributed by atoms with Crippen LogP contribution in [0.1, 0.15) is 32.0 Å². The average Bonchev–Trinajstić information content (AvgIpc) is 3.18. The average molecular weight is 781 g/mol. The van der Waals surface area contributed by atoms with Crippen LogP contribution in [-0.4, -0.2) is 116 Å². The molecule has 1 amide bonds. The molecule has 1 N–H and O–H groups in total. The molecule has 0 saturated carbocycles. The SMILES string of the molecule is CNc1ccc(F)c(Br)c1.COc1cc2c(Cc3ccncc3)nnc(N3CCN(C(=O)C=O)CC3)c2cc1OCC(C)(C)C(C)N1CCOCC1. The number of methoxy groups -OCH3 is 1. The summed E-state index contributed by atoms with van der Waals surface area (Å²) in [5.41, 5.74) is 2.66. The Hall–Kier alpha value is -4.40. The van der Waals surface area contributed by atoms with Gasteiger partial charge in [0.15, 0.2) is 17.3 Å². The lowest BCUT2D eigenvalue weighted by molar-refractivity contribution is -0.139. The predicted molar refractivity (Wildman–Crippen MR) is 203 cm³/mol. The second kappa shape index (κ2) is 17.9. The summed E-state index contributed by atoms with van der Waals surface area (Å²) in [6, 6.07) is 13.0. The minimum Gasteiger partial charge on any atom is -0.493 e. The fourth-order valence-corrected chi connectivity index (χ4v) is 6.62. The van der Waals surface area contributed by atoms with Crippen LogP contribution >= 0.6 is 15.9 Å². The van der Waals surface area contributed by atoms with E-state index in [4.69, 9.17) is 14.2 Å². The summed E-state index contributed by atoms with van der Waals surface area (Å²) in [7, 11) is 3.44. The first kappa shape index (κ1) is 38.8. The third-order valence-corrected chi connectivity index (χ3v) is 10.4. The summed E-state index contributed by atoms with van der Waals surface area (Å²) >= 11 is 3.07. The monoisotopic (exact) mass is 779 g/mol. The molecule has 1 unspecified atom stereocenters. The number of carbonyl (C=O) groups excluding carboxylic acids is 2. The van der Waals surface area contributed by atoms with Crippen molar-refractivity contribution in [1.29, 1.82) is 0 Å². The van der Waals surface area contributed by atoms with Crippen LogP contribution in [0.3, 0.4) is 0 Å². The van der Waals surface area contributed by atoms with Gasteiger partial charge < -0.3 is 29.3 Å². The van der Waals surface area contributed by atoms with Crippen molar-refractivity contribution in [2.24, 2.45) is 5.41 Å². The molecule has 0 aliphatic carbocycles. The molecule has 2 aromatic carbocycles. The molecule has 2 saturated heterocycles. The van der Waals surface area contributed by atoms with Gasteiger partial charge in [0.2, 0.25) is 6.29 Å². The Morgan fingerprint density at radius 1 is 1.02 bits per heavy atom. The molecule has 278 valence electrons. The fraction of sp³-hybridized carbons (Fsp3) is 0.447. The van der Waals surface area contributed by atoms with Gasteiger partial charge >= 0.3 is 0 Å². The van der Waals surface area contributed by atoms with Crippen LogP contribution in [-0.2, 0) is 20.7 Å². The van der Waals surface area contributed by atoms with E-state index in [1.165, 1.54) is 6.07 Å². The van der Waals surface area contributed by atoms with E-state index in [9.17, 15) is 14.0 Å². The number of amides is 1. The molecule has 2 aliphatic rings. The second-order valence-corrected chi connectivity index (χ2v) is 14.3. The highest BCUT2D eigenvalue weighted by molar-refractivity contribution is 9.10. The van der Waals surface area contributed by atoms with Gasteiger partial charge in [0.25, 0.3) is 5.91 Å². The zero-order chi connectivity index (χ0) is 37.3. The van der Waals surface area contributed by atoms with Crippen LogP contribution in [0, 0.1) is 11.2 Å². The molecule has 0 spiro atoms. The number of ether oxygens (including phenoxy) is 3. The van der Waals surface area contributed by atoms with Crippen LogP contribution in [0.2, 0.25) is 0 Å². The molecule has 0 bridgehead atoms. The Labute approximate surface area is 312 Å². The highest BCUT2D eigenvalue weighted by atomic mass is 79.9. The molecule has 14 heteroatoms. The van der Waals surface area contributed by atoms with Crippen molar-refractivity contribution >= 4 is 50.4 Å². The molecule has 0 radical (unpaired) electrons. The molecular formula is C38H47BrFN7O5. The molecule has 4 aromatic rings. The van der Waals surface area contributed by atoms with E-state index < -0.39 is 5.91 Å². The molecule has 2 aliphatic heterocycles. The smallest absolute Gasteiger partial charge is 0.286 e. The van der Waals surface area contributed by atoms with Crippen molar-refractivity contribution in [1.82, 2.24) is 25.0 Å². The van der Waals surface area contributed by atoms with Gasteiger partial charge in [0.05, 0.1) is 37.1 Å². The molecule has 4 heterocycles. The van der Waals surface area contributed by atoms with Gasteiger partial charge in [-0.25, -0.2) is 4.39 Å². The number of nitrogens with zero attached hydrogens (tertiary/aromatic N) is 6. The number of fused-ring (bicyclic) bond motifs is 1. The van der Waals surface area contributed by atoms with Crippen molar-refractivity contribution in [3.05, 3.63) is 76.4 Å². The number of nitrogens with one attached hydrogen (secondary N) is 1. The normalized spacial score (nSPS) is 15.8. The Morgan fingerprint density at radius 3 is 2.35 bits per heavy atom. The number of benzene rings is 2. The zero-order valence-corrected chi connectivity index (χ0v) is 32.0. The maximum Gasteiger partial charge on any atom is 0.286 e. The number of aldehydes is 1. The minimum absolute atomic E-state index is 0.134. The number of hydrogen-bond acceptors (Lipinski definition) is 11. The Kier molecular flexibility index (Phi) is 13.4. The first-order valence-electron chi connectivity index (χ1n) is 17.4. The summed E-state index contributed by atoms with van der Waals surface area (Å²) in [6.45, 7) is 12.5. The van der Waals surface area contributed by atoms with E-state index >= 15 is 0 Å². The quantitative estimate of drug-likeness (QED) is 0.159. The zero-order valence-electron chi connectivity index (χ0n) is 30.4. The van der Waals surface area contributed by atoms with Crippen LogP contribution < -0.4 is 19.7 Å². The van der Waals surface area contributed by atoms with Gasteiger partial charge in [-0.3, -0.25) is 19.5 Å². The lowest BCUT2D eigenvalue weighted by Crippen LogP contribution is -2.50. The largest absolute Gasteiger partial charge is 0.493 e. The van der Waals surface area contributed by atoms with Gasteiger partial charge in [0.1, 0.15) is 5.82 Å². The van der Waals surface area contributed by atoms with E-state index in [1.54, 1.807) is 43.6 Å². The van der Waals surface area contributed by atoms with Crippen LogP contribution in [0.15, 0.2) is 59.3 Å². The minimum atomic E-state index is -0.493. The number of pyridine rings is 1. The maximum atomic E-state index is 12.6. The first-order chi connectivity index (χ1) is 25.0. The van der Waals surface area contributed by atoms with Gasteiger partial charge in [0, 0.05) is 93.0 Å². The van der Waals surface area contributed by atoms with Gasteiger partial charge in [-0.1, -0.05) is 13.8 Å². The second-order valence-electron chi connectivity index (χ2n) is 13.5. The maximum absolute atomic E-state index is 12.6. The first-order valence-corrected chi connectivity index (χ1v) is 18.2. The van der Waals surface area contributed by atoms with E-state index in [1.807, 2.05) is 24.3 Å². The van der Waals surface area contributed by atoms with Gasteiger partial charge in [-0.05, 0) is 70.9 Å². The van der Waals surface area contributed by atoms with Crippen molar-refractivity contribution < 1.29 is 28.2 Å². The summed E-state index contributed by atoms with van der Waals surface area (Å²) in [6.07, 6.45) is 4.49. The summed E-state index contributed by atoms with van der Waals surface area (Å²) in [5, 5.41) is 14.1. The predicted octanol–water partition coefficient (Wildman–Crippen LogP) is 5.23. The van der Waals surface area contributed by atoms with Crippen LogP contribution in [0.4, 0.5) is 15.9 Å². The number of carbonyl (C=O) groups is 2. The number of anilines is 2. The van der Waals surface area contributed by atoms with E-state index in [0.717, 1.165) is 59.8 Å². The van der Waals surface area contributed by atoms with Crippen molar-refractivity contribution in [3.8, 4) is 11.5 Å². The topological polar surface area (TPSA) is 122 Å². The van der Waals surface area contributed by atoms with Crippen LogP contribution in [0.25, 0.3) is 10.8 Å². The lowest BCUT2D eigenvalue weighted by atomic mass is 9.85. The number of halogens is 2. The van der Waals surface area contributed by atoms with Crippen molar-refractivity contribution in [3.63, 3.8) is 0 Å². The molecular weight excluding hydrogens is 733 g/mol. The highest BCUT2D eigenvalue weighted by Crippen LogP contribution is 2.39. The summed E-state index contributed by atoms with van der Waals surface area (Å²) in [4.78, 5) is 33.2. The summed E-state index contributed by atoms with van der Waals surface area (Å²) in [5.74, 6) is 1.27. The molecule has 1 atom stereocenters. The summed E-state index contributed by atoms with van der Waals surface area (Å²) < 4.78 is 31.0. The standard InChI is InChI=1S/C31H40N6O5.C7H7BrFN/c1-22(35-13-15-41-16-14-35)31(2,3)21-42-28-19-25-24(18-27(28)40-4)26(17-23-5-7-32-8-6-23)33-34-30(25)37-11-9-36(10-12-37)29(39)20-38;1-10-5-2-3-7(9)6(8)4-5/h5-8,18-20,22H,9-17,21H2,1-4H3;2-4,10H,1H3. The Morgan fingerprint density at radius 2 is 1.71 bits per heavy atom. The lowest BCUT2D eigenvalue weighted by Gasteiger charge is -2.41. The molecule has 2 aromatic heterocycles. The van der Waals surface area contributed by atoms with Gasteiger partial charge in [-0.2, -0.15) is 5.10 Å². The van der Waals surface area contributed by atoms with Crippen molar-refractivity contribution in [2.75, 3.05) is 83.5 Å². The number of aromatic nitrogens is 3. The van der Waals surface area contributed by atoms with Crippen molar-refractivity contribution in [2.45, 2.75) is 33.2 Å². The molecule has 12 nitrogen and oxygen atoms in total. The number of piperazine rings is 1. The number of morpholine rings is 1. The van der Waals surface area contributed by atoms with E-state index in [2.05, 4.69) is 67.0 Å². The third kappa shape index (κ3) is 9.52. The fourth-order valence-electron chi connectivity index (χ4n) is 6.24.